The van der Waals surface area contributed by atoms with Gasteiger partial charge in [-0.1, -0.05) is 0 Å². The Morgan fingerprint density at radius 1 is 1.17 bits per heavy atom. The molecule has 0 spiro atoms. The molecule has 4 nitrogen and oxygen atoms in total. The summed E-state index contributed by atoms with van der Waals surface area (Å²) in [6.45, 7) is 9.64. The first-order valence-corrected chi connectivity index (χ1v) is 10.5. The summed E-state index contributed by atoms with van der Waals surface area (Å²) < 4.78 is 27.7. The van der Waals surface area contributed by atoms with Gasteiger partial charge in [0.2, 0.25) is 0 Å². The van der Waals surface area contributed by atoms with Crippen LogP contribution in [0, 0.1) is 0 Å². The Balaban J connectivity index is 2.91. The molecule has 0 saturated carbocycles. The van der Waals surface area contributed by atoms with E-state index < -0.39 is 10.0 Å². The van der Waals surface area contributed by atoms with E-state index in [0.717, 1.165) is 15.0 Å². The van der Waals surface area contributed by atoms with Gasteiger partial charge in [0, 0.05) is 0 Å². The fourth-order valence-electron chi connectivity index (χ4n) is 2.08. The number of ketones is 1. The van der Waals surface area contributed by atoms with E-state index in [2.05, 4.69) is 6.58 Å². The molecule has 24 heavy (non-hydrogen) atoms. The molecule has 0 saturated heterocycles. The van der Waals surface area contributed by atoms with Crippen molar-refractivity contribution in [2.45, 2.75) is 33.7 Å². The first kappa shape index (κ1) is 20.9. The summed E-state index contributed by atoms with van der Waals surface area (Å²) in [6.07, 6.45) is 3.72. The first-order valence-electron chi connectivity index (χ1n) is 7.61. The summed E-state index contributed by atoms with van der Waals surface area (Å²) in [6, 6.07) is 7.46. The van der Waals surface area contributed by atoms with Crippen LogP contribution in [0.2, 0.25) is 0 Å². The van der Waals surface area contributed by atoms with Crippen molar-refractivity contribution in [3.05, 3.63) is 59.0 Å². The minimum absolute atomic E-state index is 0.0955. The predicted molar refractivity (Wildman–Crippen MR) is 94.8 cm³/mol. The van der Waals surface area contributed by atoms with Crippen molar-refractivity contribution in [1.82, 2.24) is 4.31 Å². The molecular weight excluding hydrogens is 494 g/mol. The van der Waals surface area contributed by atoms with Crippen molar-refractivity contribution in [1.29, 1.82) is 0 Å². The Labute approximate surface area is 155 Å². The molecule has 1 aromatic carbocycles. The Hall–Kier alpha value is -1.16. The molecule has 0 aliphatic carbocycles. The molecule has 0 bridgehead atoms. The zero-order valence-corrected chi connectivity index (χ0v) is 18.0. The van der Waals surface area contributed by atoms with E-state index in [1.807, 2.05) is 31.2 Å². The average molecular weight is 517 g/mol. The molecule has 0 N–H and O–H groups in total. The van der Waals surface area contributed by atoms with E-state index in [0.29, 0.717) is 13.0 Å². The number of allylic oxidation sites excluding steroid dienone is 2. The molecule has 1 aromatic rings. The van der Waals surface area contributed by atoms with Crippen LogP contribution in [0.15, 0.2) is 47.9 Å². The van der Waals surface area contributed by atoms with Gasteiger partial charge in [-0.3, -0.25) is 4.79 Å². The van der Waals surface area contributed by atoms with Crippen molar-refractivity contribution >= 4 is 19.7 Å². The zero-order chi connectivity index (χ0) is 18.3. The number of carbonyl (C=O) groups is 1. The SMILES string of the molecule is C=C(/C=C\[C](C)=[W])S(=O)(=O)N(CC)Cc1ccc(CC(C)=O)cc1. The van der Waals surface area contributed by atoms with Crippen LogP contribution >= 0.6 is 0 Å². The van der Waals surface area contributed by atoms with Crippen LogP contribution < -0.4 is 0 Å². The van der Waals surface area contributed by atoms with Crippen molar-refractivity contribution < 1.29 is 32.6 Å². The normalized spacial score (nSPS) is 11.8. The number of Topliss-reactive ketones (excluding diaryl/α,β-unsaturated/α-hetero) is 1. The summed E-state index contributed by atoms with van der Waals surface area (Å²) in [7, 11) is -3.58. The van der Waals surface area contributed by atoms with Crippen molar-refractivity contribution in [3.8, 4) is 0 Å². The van der Waals surface area contributed by atoms with E-state index in [9.17, 15) is 13.2 Å². The van der Waals surface area contributed by atoms with Gasteiger partial charge < -0.3 is 0 Å². The summed E-state index contributed by atoms with van der Waals surface area (Å²) in [4.78, 5) is 11.2. The molecule has 0 aliphatic rings. The maximum atomic E-state index is 12.6. The molecule has 0 aliphatic heterocycles. The van der Waals surface area contributed by atoms with Gasteiger partial charge >= 0.3 is 138 Å². The van der Waals surface area contributed by atoms with Gasteiger partial charge in [0.15, 0.2) is 0 Å². The van der Waals surface area contributed by atoms with Crippen molar-refractivity contribution in [3.63, 3.8) is 0 Å². The molecule has 1 rings (SSSR count). The standard InChI is InChI=1S/C18H23NO3S.W/c1-5-7-8-16(4)23(21,22)19(6-2)14-18-11-9-17(10-12-18)13-15(3)20;/h7-12H,4,6,13-14H2,1-3H3;/b8-7-;. The maximum absolute atomic E-state index is 12.6. The topological polar surface area (TPSA) is 54.5 Å². The van der Waals surface area contributed by atoms with Gasteiger partial charge in [0.1, 0.15) is 5.78 Å². The third-order valence-electron chi connectivity index (χ3n) is 3.36. The molecule has 0 radical (unpaired) electrons. The average Bonchev–Trinajstić information content (AvgIpc) is 2.50. The number of carbonyl (C=O) groups excluding carboxylic acids is 1. The second-order valence-electron chi connectivity index (χ2n) is 5.54. The van der Waals surface area contributed by atoms with Gasteiger partial charge in [-0.25, -0.2) is 0 Å². The van der Waals surface area contributed by atoms with Crippen molar-refractivity contribution in [2.24, 2.45) is 0 Å². The van der Waals surface area contributed by atoms with Gasteiger partial charge in [0.05, 0.1) is 0 Å². The molecule has 0 aromatic heterocycles. The number of rotatable bonds is 9. The molecule has 0 amide bonds. The fourth-order valence-corrected chi connectivity index (χ4v) is 3.56. The van der Waals surface area contributed by atoms with E-state index in [-0.39, 0.29) is 17.2 Å². The monoisotopic (exact) mass is 517 g/mol. The van der Waals surface area contributed by atoms with Gasteiger partial charge in [0.25, 0.3) is 0 Å². The van der Waals surface area contributed by atoms with E-state index in [1.165, 1.54) is 23.7 Å². The molecule has 0 fully saturated rings. The van der Waals surface area contributed by atoms with Gasteiger partial charge in [-0.15, -0.1) is 0 Å². The summed E-state index contributed by atoms with van der Waals surface area (Å²) in [5, 5.41) is 0. The zero-order valence-electron chi connectivity index (χ0n) is 14.3. The molecule has 6 heteroatoms. The quantitative estimate of drug-likeness (QED) is 0.474. The second kappa shape index (κ2) is 9.36. The molecule has 0 heterocycles. The third kappa shape index (κ3) is 6.39. The van der Waals surface area contributed by atoms with E-state index in [4.69, 9.17) is 0 Å². The Morgan fingerprint density at radius 3 is 2.17 bits per heavy atom. The Morgan fingerprint density at radius 2 is 1.71 bits per heavy atom. The van der Waals surface area contributed by atoms with Crippen LogP contribution in [0.3, 0.4) is 0 Å². The van der Waals surface area contributed by atoms with Crippen LogP contribution in [0.25, 0.3) is 0 Å². The number of nitrogens with zero attached hydrogens (tertiary/aromatic N) is 1. The number of sulfonamides is 1. The number of benzene rings is 1. The Kier molecular flexibility index (Phi) is 8.14. The molecule has 0 unspecified atom stereocenters. The number of hydrogen-bond donors (Lipinski definition) is 0. The Bertz CT molecular complexity index is 749. The van der Waals surface area contributed by atoms with E-state index >= 15 is 0 Å². The third-order valence-corrected chi connectivity index (χ3v) is 5.72. The molecular formula is C18H23NO3SW. The van der Waals surface area contributed by atoms with Crippen LogP contribution in [-0.2, 0) is 47.1 Å². The minimum atomic E-state index is -3.58. The second-order valence-corrected chi connectivity index (χ2v) is 9.84. The fraction of sp³-hybridized carbons (Fsp3) is 0.333. The number of hydrogen-bond acceptors (Lipinski definition) is 3. The van der Waals surface area contributed by atoms with Crippen molar-refractivity contribution in [2.75, 3.05) is 6.54 Å². The van der Waals surface area contributed by atoms with Crippen LogP contribution in [-0.4, -0.2) is 28.9 Å². The van der Waals surface area contributed by atoms with Crippen LogP contribution in [0.1, 0.15) is 31.9 Å². The van der Waals surface area contributed by atoms with Gasteiger partial charge in [-0.2, -0.15) is 0 Å². The molecule has 130 valence electrons. The van der Waals surface area contributed by atoms with Gasteiger partial charge in [-0.05, 0) is 6.92 Å². The first-order chi connectivity index (χ1) is 11.2. The summed E-state index contributed by atoms with van der Waals surface area (Å²) in [5.74, 6) is 0.105. The van der Waals surface area contributed by atoms with Crippen LogP contribution in [0.5, 0.6) is 0 Å². The predicted octanol–water partition coefficient (Wildman–Crippen LogP) is 2.78. The summed E-state index contributed by atoms with van der Waals surface area (Å²) in [5.41, 5.74) is 1.81. The van der Waals surface area contributed by atoms with Crippen LogP contribution in [0.4, 0.5) is 0 Å². The van der Waals surface area contributed by atoms with E-state index in [1.54, 1.807) is 26.0 Å². The molecule has 0 atom stereocenters. The summed E-state index contributed by atoms with van der Waals surface area (Å²) >= 11 is 1.30.